The van der Waals surface area contributed by atoms with Crippen molar-refractivity contribution in [1.29, 1.82) is 0 Å². The molecule has 0 nitrogen and oxygen atoms in total. The molecule has 1 heteroatoms. The molecule has 0 aromatic carbocycles. The van der Waals surface area contributed by atoms with Crippen molar-refractivity contribution < 1.29 is 0 Å². The Labute approximate surface area is 59.3 Å². The summed E-state index contributed by atoms with van der Waals surface area (Å²) in [6, 6.07) is 0. The van der Waals surface area contributed by atoms with Gasteiger partial charge in [0.1, 0.15) is 7.28 Å². The summed E-state index contributed by atoms with van der Waals surface area (Å²) in [5, 5.41) is 0.590. The Balaban J connectivity index is 2.75. The lowest BCUT2D eigenvalue weighted by Crippen LogP contribution is -2.22. The van der Waals surface area contributed by atoms with Crippen molar-refractivity contribution in [2.45, 2.75) is 45.8 Å². The third-order valence-corrected chi connectivity index (χ3v) is 3.44. The Morgan fingerprint density at radius 1 is 1.11 bits per heavy atom. The fourth-order valence-electron chi connectivity index (χ4n) is 1.65. The smallest absolute Gasteiger partial charge is 0.0764 e. The Morgan fingerprint density at radius 3 is 1.78 bits per heavy atom. The maximum absolute atomic E-state index is 2.39. The molecule has 0 unspecified atom stereocenters. The summed E-state index contributed by atoms with van der Waals surface area (Å²) in [6.07, 6.45) is 2.85. The van der Waals surface area contributed by atoms with Crippen molar-refractivity contribution in [2.24, 2.45) is 5.41 Å². The summed E-state index contributed by atoms with van der Waals surface area (Å²) in [5.41, 5.74) is 0.590. The molecule has 0 bridgehead atoms. The molecule has 1 saturated heterocycles. The lowest BCUT2D eigenvalue weighted by molar-refractivity contribution is 0.280. The maximum atomic E-state index is 2.39. The SMILES string of the molecule is CC1(C)BCCC1(C)C. The summed E-state index contributed by atoms with van der Waals surface area (Å²) in [6.45, 7) is 9.56. The van der Waals surface area contributed by atoms with Gasteiger partial charge in [-0.2, -0.15) is 0 Å². The molecule has 1 fully saturated rings. The normalized spacial score (nSPS) is 29.8. The van der Waals surface area contributed by atoms with Gasteiger partial charge in [0.05, 0.1) is 0 Å². The van der Waals surface area contributed by atoms with Crippen LogP contribution < -0.4 is 0 Å². The van der Waals surface area contributed by atoms with Gasteiger partial charge in [-0.1, -0.05) is 45.8 Å². The van der Waals surface area contributed by atoms with Crippen LogP contribution in [0.3, 0.4) is 0 Å². The second kappa shape index (κ2) is 1.77. The van der Waals surface area contributed by atoms with Crippen molar-refractivity contribution in [2.75, 3.05) is 0 Å². The Hall–Kier alpha value is 0.0649. The molecule has 1 rings (SSSR count). The van der Waals surface area contributed by atoms with Crippen LogP contribution in [-0.4, -0.2) is 7.28 Å². The van der Waals surface area contributed by atoms with Gasteiger partial charge in [0, 0.05) is 0 Å². The first kappa shape index (κ1) is 7.18. The number of hydrogen-bond donors (Lipinski definition) is 0. The van der Waals surface area contributed by atoms with E-state index in [1.165, 1.54) is 20.0 Å². The van der Waals surface area contributed by atoms with E-state index in [9.17, 15) is 0 Å². The monoisotopic (exact) mass is 124 g/mol. The van der Waals surface area contributed by atoms with Gasteiger partial charge in [-0.05, 0) is 5.41 Å². The molecule has 0 radical (unpaired) electrons. The van der Waals surface area contributed by atoms with Crippen molar-refractivity contribution in [3.8, 4) is 0 Å². The summed E-state index contributed by atoms with van der Waals surface area (Å²) < 4.78 is 0. The van der Waals surface area contributed by atoms with Crippen molar-refractivity contribution >= 4 is 7.28 Å². The lowest BCUT2D eigenvalue weighted by atomic mass is 9.51. The van der Waals surface area contributed by atoms with Gasteiger partial charge < -0.3 is 0 Å². The van der Waals surface area contributed by atoms with Gasteiger partial charge in [-0.15, -0.1) is 0 Å². The van der Waals surface area contributed by atoms with Gasteiger partial charge in [0.2, 0.25) is 0 Å². The highest BCUT2D eigenvalue weighted by atomic mass is 14.4. The molecule has 0 saturated carbocycles. The van der Waals surface area contributed by atoms with E-state index in [0.29, 0.717) is 10.7 Å². The minimum absolute atomic E-state index is 0.590. The molecule has 9 heavy (non-hydrogen) atoms. The predicted octanol–water partition coefficient (Wildman–Crippen LogP) is 2.47. The molecule has 0 N–H and O–H groups in total. The van der Waals surface area contributed by atoms with Gasteiger partial charge in [-0.3, -0.25) is 0 Å². The minimum atomic E-state index is 0.590. The van der Waals surface area contributed by atoms with E-state index in [4.69, 9.17) is 0 Å². The van der Waals surface area contributed by atoms with Crippen molar-refractivity contribution in [1.82, 2.24) is 0 Å². The first-order valence-electron chi connectivity index (χ1n) is 3.96. The van der Waals surface area contributed by atoms with Crippen molar-refractivity contribution in [3.05, 3.63) is 0 Å². The molecule has 0 aromatic heterocycles. The van der Waals surface area contributed by atoms with Gasteiger partial charge in [0.25, 0.3) is 0 Å². The van der Waals surface area contributed by atoms with Gasteiger partial charge in [-0.25, -0.2) is 0 Å². The van der Waals surface area contributed by atoms with Crippen LogP contribution in [0.15, 0.2) is 0 Å². The van der Waals surface area contributed by atoms with E-state index in [-0.39, 0.29) is 0 Å². The summed E-state index contributed by atoms with van der Waals surface area (Å²) >= 11 is 0. The van der Waals surface area contributed by atoms with Crippen LogP contribution >= 0.6 is 0 Å². The summed E-state index contributed by atoms with van der Waals surface area (Å²) in [7, 11) is 1.42. The first-order valence-corrected chi connectivity index (χ1v) is 3.96. The first-order chi connectivity index (χ1) is 3.96. The van der Waals surface area contributed by atoms with E-state index in [1.54, 1.807) is 0 Å². The van der Waals surface area contributed by atoms with E-state index in [0.717, 1.165) is 0 Å². The van der Waals surface area contributed by atoms with Crippen LogP contribution in [0, 0.1) is 5.41 Å². The fraction of sp³-hybridized carbons (Fsp3) is 1.00. The standard InChI is InChI=1S/C8H17B/c1-7(2)5-6-9-8(7,3)4/h9H,5-6H2,1-4H3. The molecule has 0 amide bonds. The van der Waals surface area contributed by atoms with E-state index in [1.807, 2.05) is 0 Å². The fourth-order valence-corrected chi connectivity index (χ4v) is 1.65. The topological polar surface area (TPSA) is 0 Å². The highest BCUT2D eigenvalue weighted by molar-refractivity contribution is 6.41. The minimum Gasteiger partial charge on any atom is -0.0764 e. The van der Waals surface area contributed by atoms with E-state index >= 15 is 0 Å². The Kier molecular flexibility index (Phi) is 1.41. The van der Waals surface area contributed by atoms with E-state index < -0.39 is 0 Å². The third kappa shape index (κ3) is 1.02. The van der Waals surface area contributed by atoms with Gasteiger partial charge in [0.15, 0.2) is 0 Å². The average Bonchev–Trinajstić information content (AvgIpc) is 1.81. The molecule has 0 aliphatic carbocycles. The molecule has 0 aromatic rings. The second-order valence-corrected chi connectivity index (χ2v) is 4.62. The molecule has 1 heterocycles. The number of hydrogen-bond acceptors (Lipinski definition) is 0. The molecule has 0 atom stereocenters. The van der Waals surface area contributed by atoms with E-state index in [2.05, 4.69) is 27.7 Å². The lowest BCUT2D eigenvalue weighted by Gasteiger charge is -2.34. The Morgan fingerprint density at radius 2 is 1.67 bits per heavy atom. The summed E-state index contributed by atoms with van der Waals surface area (Å²) in [5.74, 6) is 0. The molecular weight excluding hydrogens is 107 g/mol. The highest BCUT2D eigenvalue weighted by Crippen LogP contribution is 2.53. The second-order valence-electron chi connectivity index (χ2n) is 4.62. The molecule has 0 spiro atoms. The largest absolute Gasteiger partial charge is 0.128 e. The van der Waals surface area contributed by atoms with Crippen LogP contribution in [0.2, 0.25) is 11.6 Å². The quantitative estimate of drug-likeness (QED) is 0.435. The molecule has 1 aliphatic rings. The predicted molar refractivity (Wildman–Crippen MR) is 44.4 cm³/mol. The summed E-state index contributed by atoms with van der Waals surface area (Å²) in [4.78, 5) is 0. The molecule has 52 valence electrons. The highest BCUT2D eigenvalue weighted by Gasteiger charge is 2.41. The zero-order valence-electron chi connectivity index (χ0n) is 7.12. The van der Waals surface area contributed by atoms with Crippen LogP contribution in [0.5, 0.6) is 0 Å². The average molecular weight is 124 g/mol. The molecular formula is C8H17B. The zero-order chi connectivity index (χ0) is 7.12. The van der Waals surface area contributed by atoms with Crippen LogP contribution in [0.4, 0.5) is 0 Å². The van der Waals surface area contributed by atoms with Crippen LogP contribution in [0.25, 0.3) is 0 Å². The Bertz CT molecular complexity index is 99.7. The van der Waals surface area contributed by atoms with Crippen LogP contribution in [-0.2, 0) is 0 Å². The molecule has 1 aliphatic heterocycles. The van der Waals surface area contributed by atoms with Crippen molar-refractivity contribution in [3.63, 3.8) is 0 Å². The zero-order valence-corrected chi connectivity index (χ0v) is 7.12. The maximum Gasteiger partial charge on any atom is 0.128 e. The number of rotatable bonds is 0. The van der Waals surface area contributed by atoms with Gasteiger partial charge >= 0.3 is 0 Å². The third-order valence-electron chi connectivity index (χ3n) is 3.44. The van der Waals surface area contributed by atoms with Crippen LogP contribution in [0.1, 0.15) is 34.1 Å².